The quantitative estimate of drug-likeness (QED) is 0.885. The number of hydrogen-bond donors (Lipinski definition) is 2. The van der Waals surface area contributed by atoms with Crippen molar-refractivity contribution in [2.75, 3.05) is 0 Å². The van der Waals surface area contributed by atoms with Gasteiger partial charge in [-0.15, -0.1) is 0 Å². The van der Waals surface area contributed by atoms with Crippen LogP contribution in [0.5, 0.6) is 0 Å². The zero-order valence-electron chi connectivity index (χ0n) is 12.2. The molecule has 1 heterocycles. The highest BCUT2D eigenvalue weighted by Crippen LogP contribution is 2.28. The highest BCUT2D eigenvalue weighted by molar-refractivity contribution is 5.98. The molecule has 1 aliphatic carbocycles. The van der Waals surface area contributed by atoms with Crippen molar-refractivity contribution in [2.24, 2.45) is 0 Å². The number of fused-ring (bicyclic) bond motifs is 1. The average molecular weight is 281 g/mol. The summed E-state index contributed by atoms with van der Waals surface area (Å²) in [4.78, 5) is 15.6. The minimum atomic E-state index is -0.692. The van der Waals surface area contributed by atoms with Crippen molar-refractivity contribution in [2.45, 2.75) is 44.6 Å². The summed E-state index contributed by atoms with van der Waals surface area (Å²) in [5.41, 5.74) is 1.94. The number of carbonyl (C=O) groups is 1. The number of benzene rings is 1. The fraction of sp³-hybridized carbons (Fsp3) is 0.412. The summed E-state index contributed by atoms with van der Waals surface area (Å²) < 4.78 is 0. The third-order valence-electron chi connectivity index (χ3n) is 4.30. The van der Waals surface area contributed by atoms with Crippen LogP contribution in [0.4, 0.5) is 0 Å². The number of amides is 1. The molecular weight excluding hydrogens is 262 g/mol. The van der Waals surface area contributed by atoms with Crippen LogP contribution in [0.25, 0.3) is 10.9 Å². The van der Waals surface area contributed by atoms with Crippen LogP contribution in [-0.4, -0.2) is 16.4 Å². The van der Waals surface area contributed by atoms with Crippen LogP contribution in [0.1, 0.15) is 48.2 Å². The smallest absolute Gasteiger partial charge is 0.268 e. The first-order valence-electron chi connectivity index (χ1n) is 7.45. The van der Waals surface area contributed by atoms with E-state index in [0.29, 0.717) is 5.69 Å². The van der Waals surface area contributed by atoms with Gasteiger partial charge in [-0.3, -0.25) is 4.79 Å². The standard InChI is InChI=1S/C17H19N3O/c1-12-5-6-13-10-15(19-14(13)9-12)16(21)20-17(11-18)7-3-2-4-8-17/h5-6,9-10,19H,2-4,7-8H2,1H3,(H,20,21). The lowest BCUT2D eigenvalue weighted by Crippen LogP contribution is -2.48. The Morgan fingerprint density at radius 3 is 2.76 bits per heavy atom. The minimum Gasteiger partial charge on any atom is -0.351 e. The van der Waals surface area contributed by atoms with Crippen LogP contribution in [0, 0.1) is 18.3 Å². The third-order valence-corrected chi connectivity index (χ3v) is 4.30. The molecule has 4 heteroatoms. The number of H-pyrrole nitrogens is 1. The van der Waals surface area contributed by atoms with E-state index in [4.69, 9.17) is 0 Å². The van der Waals surface area contributed by atoms with Crippen molar-refractivity contribution in [3.05, 3.63) is 35.5 Å². The van der Waals surface area contributed by atoms with Crippen LogP contribution in [0.15, 0.2) is 24.3 Å². The van der Waals surface area contributed by atoms with E-state index in [1.165, 1.54) is 0 Å². The molecule has 21 heavy (non-hydrogen) atoms. The van der Waals surface area contributed by atoms with Gasteiger partial charge in [0.25, 0.3) is 5.91 Å². The van der Waals surface area contributed by atoms with E-state index in [1.807, 2.05) is 31.2 Å². The molecule has 1 saturated carbocycles. The van der Waals surface area contributed by atoms with Crippen molar-refractivity contribution >= 4 is 16.8 Å². The van der Waals surface area contributed by atoms with Gasteiger partial charge in [-0.1, -0.05) is 31.4 Å². The van der Waals surface area contributed by atoms with Gasteiger partial charge in [0.15, 0.2) is 0 Å². The highest BCUT2D eigenvalue weighted by atomic mass is 16.2. The molecule has 0 spiro atoms. The number of aromatic nitrogens is 1. The molecule has 1 amide bonds. The first kappa shape index (κ1) is 13.7. The largest absolute Gasteiger partial charge is 0.351 e. The maximum Gasteiger partial charge on any atom is 0.268 e. The van der Waals surface area contributed by atoms with Gasteiger partial charge in [0, 0.05) is 10.9 Å². The Hall–Kier alpha value is -2.28. The lowest BCUT2D eigenvalue weighted by atomic mass is 9.83. The molecule has 0 saturated heterocycles. The Kier molecular flexibility index (Phi) is 3.42. The number of hydrogen-bond acceptors (Lipinski definition) is 2. The van der Waals surface area contributed by atoms with Gasteiger partial charge < -0.3 is 10.3 Å². The molecule has 0 atom stereocenters. The van der Waals surface area contributed by atoms with E-state index in [9.17, 15) is 10.1 Å². The van der Waals surface area contributed by atoms with Crippen LogP contribution >= 0.6 is 0 Å². The van der Waals surface area contributed by atoms with Crippen LogP contribution in [0.3, 0.4) is 0 Å². The van der Waals surface area contributed by atoms with Gasteiger partial charge in [0.2, 0.25) is 0 Å². The second kappa shape index (κ2) is 5.25. The average Bonchev–Trinajstić information content (AvgIpc) is 2.91. The molecule has 1 aliphatic rings. The van der Waals surface area contributed by atoms with E-state index >= 15 is 0 Å². The number of carbonyl (C=O) groups excluding carboxylic acids is 1. The van der Waals surface area contributed by atoms with E-state index in [0.717, 1.165) is 48.6 Å². The Labute approximate surface area is 124 Å². The molecule has 4 nitrogen and oxygen atoms in total. The predicted octanol–water partition coefficient (Wildman–Crippen LogP) is 3.43. The Bertz CT molecular complexity index is 717. The van der Waals surface area contributed by atoms with E-state index in [2.05, 4.69) is 16.4 Å². The zero-order valence-corrected chi connectivity index (χ0v) is 12.2. The molecule has 0 radical (unpaired) electrons. The summed E-state index contributed by atoms with van der Waals surface area (Å²) in [6, 6.07) is 10.2. The number of nitriles is 1. The molecular formula is C17H19N3O. The number of nitrogens with zero attached hydrogens (tertiary/aromatic N) is 1. The highest BCUT2D eigenvalue weighted by Gasteiger charge is 2.34. The normalized spacial score (nSPS) is 17.3. The number of nitrogens with one attached hydrogen (secondary N) is 2. The van der Waals surface area contributed by atoms with Gasteiger partial charge in [0.05, 0.1) is 6.07 Å². The molecule has 0 aliphatic heterocycles. The summed E-state index contributed by atoms with van der Waals surface area (Å²) in [6.07, 6.45) is 4.63. The second-order valence-electron chi connectivity index (χ2n) is 5.98. The Balaban J connectivity index is 1.85. The fourth-order valence-corrected chi connectivity index (χ4v) is 3.07. The number of rotatable bonds is 2. The Morgan fingerprint density at radius 2 is 2.05 bits per heavy atom. The van der Waals surface area contributed by atoms with Gasteiger partial charge in [-0.2, -0.15) is 5.26 Å². The second-order valence-corrected chi connectivity index (χ2v) is 5.98. The minimum absolute atomic E-state index is 0.188. The summed E-state index contributed by atoms with van der Waals surface area (Å²) >= 11 is 0. The van der Waals surface area contributed by atoms with Crippen molar-refractivity contribution in [3.63, 3.8) is 0 Å². The number of aryl methyl sites for hydroxylation is 1. The van der Waals surface area contributed by atoms with Crippen molar-refractivity contribution < 1.29 is 4.79 Å². The summed E-state index contributed by atoms with van der Waals surface area (Å²) in [5, 5.41) is 13.4. The van der Waals surface area contributed by atoms with Crippen LogP contribution in [-0.2, 0) is 0 Å². The monoisotopic (exact) mass is 281 g/mol. The van der Waals surface area contributed by atoms with Gasteiger partial charge in [-0.25, -0.2) is 0 Å². The SMILES string of the molecule is Cc1ccc2cc(C(=O)NC3(C#N)CCCCC3)[nH]c2c1. The maximum absolute atomic E-state index is 12.4. The van der Waals surface area contributed by atoms with Gasteiger partial charge in [-0.05, 0) is 37.5 Å². The molecule has 2 aromatic rings. The van der Waals surface area contributed by atoms with Gasteiger partial charge in [0.1, 0.15) is 11.2 Å². The third kappa shape index (κ3) is 2.64. The first-order valence-corrected chi connectivity index (χ1v) is 7.45. The molecule has 1 aromatic heterocycles. The van der Waals surface area contributed by atoms with Crippen LogP contribution < -0.4 is 5.32 Å². The lowest BCUT2D eigenvalue weighted by Gasteiger charge is -2.31. The zero-order chi connectivity index (χ0) is 14.9. The molecule has 108 valence electrons. The van der Waals surface area contributed by atoms with E-state index in [1.54, 1.807) is 0 Å². The first-order chi connectivity index (χ1) is 10.1. The van der Waals surface area contributed by atoms with Crippen molar-refractivity contribution in [3.8, 4) is 6.07 Å². The van der Waals surface area contributed by atoms with Crippen molar-refractivity contribution in [1.29, 1.82) is 5.26 Å². The summed E-state index contributed by atoms with van der Waals surface area (Å²) in [7, 11) is 0. The van der Waals surface area contributed by atoms with Crippen molar-refractivity contribution in [1.82, 2.24) is 10.3 Å². The molecule has 1 fully saturated rings. The molecule has 2 N–H and O–H groups in total. The number of aromatic amines is 1. The topological polar surface area (TPSA) is 68.7 Å². The molecule has 0 bridgehead atoms. The predicted molar refractivity (Wildman–Crippen MR) is 81.9 cm³/mol. The van der Waals surface area contributed by atoms with E-state index in [-0.39, 0.29) is 5.91 Å². The summed E-state index contributed by atoms with van der Waals surface area (Å²) in [5.74, 6) is -0.188. The molecule has 1 aromatic carbocycles. The van der Waals surface area contributed by atoms with Crippen LogP contribution in [0.2, 0.25) is 0 Å². The summed E-state index contributed by atoms with van der Waals surface area (Å²) in [6.45, 7) is 2.02. The molecule has 3 rings (SSSR count). The van der Waals surface area contributed by atoms with E-state index < -0.39 is 5.54 Å². The maximum atomic E-state index is 12.4. The lowest BCUT2D eigenvalue weighted by molar-refractivity contribution is 0.0898. The molecule has 0 unspecified atom stereocenters. The fourth-order valence-electron chi connectivity index (χ4n) is 3.07. The Morgan fingerprint density at radius 1 is 1.29 bits per heavy atom. The van der Waals surface area contributed by atoms with Gasteiger partial charge >= 0.3 is 0 Å².